The number of hydrogen-bond acceptors (Lipinski definition) is 3. The topological polar surface area (TPSA) is 82.7 Å². The third-order valence-corrected chi connectivity index (χ3v) is 5.13. The molecular weight excluding hydrogens is 422 g/mol. The molecule has 2 amide bonds. The molecule has 32 heavy (non-hydrogen) atoms. The van der Waals surface area contributed by atoms with E-state index in [4.69, 9.17) is 16.6 Å². The van der Waals surface area contributed by atoms with Gasteiger partial charge >= 0.3 is 6.03 Å². The predicted octanol–water partition coefficient (Wildman–Crippen LogP) is 6.73. The van der Waals surface area contributed by atoms with E-state index in [1.54, 1.807) is 36.7 Å². The van der Waals surface area contributed by atoms with Crippen LogP contribution in [0.4, 0.5) is 16.2 Å². The minimum Gasteiger partial charge on any atom is -0.341 e. The van der Waals surface area contributed by atoms with Gasteiger partial charge in [0, 0.05) is 45.3 Å². The molecule has 0 aliphatic carbocycles. The number of nitrogens with one attached hydrogen (secondary N) is 3. The number of amides is 2. The second-order valence-electron chi connectivity index (χ2n) is 8.46. The van der Waals surface area contributed by atoms with Gasteiger partial charge in [0.25, 0.3) is 0 Å². The summed E-state index contributed by atoms with van der Waals surface area (Å²) < 4.78 is 0. The first-order valence-electron chi connectivity index (χ1n) is 10.2. The summed E-state index contributed by atoms with van der Waals surface area (Å²) in [6.45, 7) is 6.35. The summed E-state index contributed by atoms with van der Waals surface area (Å²) in [6.07, 6.45) is 3.52. The van der Waals surface area contributed by atoms with Gasteiger partial charge in [-0.3, -0.25) is 4.98 Å². The van der Waals surface area contributed by atoms with Crippen LogP contribution in [-0.2, 0) is 5.41 Å². The summed E-state index contributed by atoms with van der Waals surface area (Å²) in [4.78, 5) is 25.0. The molecule has 4 rings (SSSR count). The van der Waals surface area contributed by atoms with Gasteiger partial charge in [-0.1, -0.05) is 44.5 Å². The third kappa shape index (κ3) is 4.98. The van der Waals surface area contributed by atoms with Crippen LogP contribution in [0.2, 0.25) is 5.02 Å². The van der Waals surface area contributed by atoms with Crippen molar-refractivity contribution in [3.8, 4) is 22.5 Å². The summed E-state index contributed by atoms with van der Waals surface area (Å²) in [5, 5.41) is 6.29. The summed E-state index contributed by atoms with van der Waals surface area (Å²) in [6, 6.07) is 18.1. The highest BCUT2D eigenvalue weighted by Crippen LogP contribution is 2.34. The van der Waals surface area contributed by atoms with Crippen molar-refractivity contribution >= 4 is 29.0 Å². The molecule has 0 saturated carbocycles. The van der Waals surface area contributed by atoms with Crippen LogP contribution in [0.25, 0.3) is 22.5 Å². The van der Waals surface area contributed by atoms with Crippen molar-refractivity contribution in [2.24, 2.45) is 0 Å². The number of pyridine rings is 1. The summed E-state index contributed by atoms with van der Waals surface area (Å²) in [5.41, 5.74) is 4.81. The summed E-state index contributed by atoms with van der Waals surface area (Å²) in [5.74, 6) is 0.887. The number of rotatable bonds is 4. The van der Waals surface area contributed by atoms with Crippen molar-refractivity contribution in [1.29, 1.82) is 0 Å². The molecule has 0 spiro atoms. The molecule has 0 fully saturated rings. The van der Waals surface area contributed by atoms with E-state index in [0.717, 1.165) is 28.3 Å². The molecule has 0 atom stereocenters. The number of nitrogens with zero attached hydrogens (tertiary/aromatic N) is 2. The average molecular weight is 446 g/mol. The Morgan fingerprint density at radius 3 is 2.28 bits per heavy atom. The van der Waals surface area contributed by atoms with Gasteiger partial charge < -0.3 is 15.6 Å². The van der Waals surface area contributed by atoms with Crippen LogP contribution < -0.4 is 10.6 Å². The van der Waals surface area contributed by atoms with Gasteiger partial charge in [0.15, 0.2) is 0 Å². The molecule has 0 saturated heterocycles. The summed E-state index contributed by atoms with van der Waals surface area (Å²) >= 11 is 5.90. The zero-order valence-electron chi connectivity index (χ0n) is 18.1. The average Bonchev–Trinajstić information content (AvgIpc) is 3.22. The van der Waals surface area contributed by atoms with Gasteiger partial charge in [-0.15, -0.1) is 0 Å². The SMILES string of the molecule is CC(C)(C)c1nc(-c2cccc(NC(=O)Nc3ccc(Cl)cc3)c2)c(-c2ccncc2)[nH]1. The lowest BCUT2D eigenvalue weighted by molar-refractivity contribution is 0.262. The van der Waals surface area contributed by atoms with E-state index in [-0.39, 0.29) is 11.4 Å². The maximum Gasteiger partial charge on any atom is 0.323 e. The predicted molar refractivity (Wildman–Crippen MR) is 130 cm³/mol. The molecule has 3 N–H and O–H groups in total. The normalized spacial score (nSPS) is 11.2. The van der Waals surface area contributed by atoms with Crippen LogP contribution in [0.1, 0.15) is 26.6 Å². The van der Waals surface area contributed by atoms with E-state index in [2.05, 4.69) is 41.4 Å². The molecule has 162 valence electrons. The Labute approximate surface area is 192 Å². The Kier molecular flexibility index (Phi) is 5.97. The van der Waals surface area contributed by atoms with Gasteiger partial charge in [0.2, 0.25) is 0 Å². The van der Waals surface area contributed by atoms with Crippen LogP contribution in [0.3, 0.4) is 0 Å². The molecule has 0 unspecified atom stereocenters. The second-order valence-corrected chi connectivity index (χ2v) is 8.90. The lowest BCUT2D eigenvalue weighted by atomic mass is 9.96. The zero-order chi connectivity index (χ0) is 22.7. The van der Waals surface area contributed by atoms with Crippen LogP contribution in [0, 0.1) is 0 Å². The van der Waals surface area contributed by atoms with Gasteiger partial charge in [-0.05, 0) is 48.5 Å². The van der Waals surface area contributed by atoms with Gasteiger partial charge in [0.1, 0.15) is 5.82 Å². The Bertz CT molecular complexity index is 1230. The lowest BCUT2D eigenvalue weighted by Crippen LogP contribution is -2.19. The molecule has 0 aliphatic heterocycles. The third-order valence-electron chi connectivity index (χ3n) is 4.88. The minimum absolute atomic E-state index is 0.144. The molecule has 2 aromatic heterocycles. The van der Waals surface area contributed by atoms with Crippen LogP contribution in [0.5, 0.6) is 0 Å². The maximum absolute atomic E-state index is 12.5. The van der Waals surface area contributed by atoms with Gasteiger partial charge in [0.05, 0.1) is 11.4 Å². The maximum atomic E-state index is 12.5. The highest BCUT2D eigenvalue weighted by molar-refractivity contribution is 6.30. The van der Waals surface area contributed by atoms with E-state index >= 15 is 0 Å². The molecule has 7 heteroatoms. The van der Waals surface area contributed by atoms with Gasteiger partial charge in [-0.2, -0.15) is 0 Å². The number of hydrogen-bond donors (Lipinski definition) is 3. The Hall–Kier alpha value is -3.64. The number of carbonyl (C=O) groups is 1. The molecular formula is C25H24ClN5O. The number of aromatic amines is 1. The highest BCUT2D eigenvalue weighted by Gasteiger charge is 2.22. The largest absolute Gasteiger partial charge is 0.341 e. The lowest BCUT2D eigenvalue weighted by Gasteiger charge is -2.14. The minimum atomic E-state index is -0.337. The number of benzene rings is 2. The molecule has 0 bridgehead atoms. The van der Waals surface area contributed by atoms with Crippen molar-refractivity contribution < 1.29 is 4.79 Å². The number of aromatic nitrogens is 3. The van der Waals surface area contributed by atoms with Crippen molar-refractivity contribution in [3.63, 3.8) is 0 Å². The van der Waals surface area contributed by atoms with Crippen molar-refractivity contribution in [2.45, 2.75) is 26.2 Å². The fraction of sp³-hybridized carbons (Fsp3) is 0.160. The number of urea groups is 1. The van der Waals surface area contributed by atoms with Crippen molar-refractivity contribution in [3.05, 3.63) is 83.9 Å². The monoisotopic (exact) mass is 445 g/mol. The summed E-state index contributed by atoms with van der Waals surface area (Å²) in [7, 11) is 0. The number of carbonyl (C=O) groups excluding carboxylic acids is 1. The fourth-order valence-electron chi connectivity index (χ4n) is 3.24. The number of halogens is 1. The van der Waals surface area contributed by atoms with Crippen molar-refractivity contribution in [2.75, 3.05) is 10.6 Å². The zero-order valence-corrected chi connectivity index (χ0v) is 18.9. The molecule has 6 nitrogen and oxygen atoms in total. The smallest absolute Gasteiger partial charge is 0.323 e. The first-order valence-corrected chi connectivity index (χ1v) is 10.6. The number of imidazole rings is 1. The highest BCUT2D eigenvalue weighted by atomic mass is 35.5. The van der Waals surface area contributed by atoms with Gasteiger partial charge in [-0.25, -0.2) is 9.78 Å². The molecule has 2 aromatic carbocycles. The van der Waals surface area contributed by atoms with E-state index in [9.17, 15) is 4.79 Å². The quantitative estimate of drug-likeness (QED) is 0.325. The van der Waals surface area contributed by atoms with Crippen LogP contribution in [0.15, 0.2) is 73.1 Å². The van der Waals surface area contributed by atoms with E-state index in [1.807, 2.05) is 36.4 Å². The van der Waals surface area contributed by atoms with E-state index in [0.29, 0.717) is 16.4 Å². The fourth-order valence-corrected chi connectivity index (χ4v) is 3.36. The van der Waals surface area contributed by atoms with E-state index in [1.165, 1.54) is 0 Å². The number of anilines is 2. The van der Waals surface area contributed by atoms with Crippen LogP contribution in [-0.4, -0.2) is 21.0 Å². The Balaban J connectivity index is 1.63. The Morgan fingerprint density at radius 1 is 0.906 bits per heavy atom. The molecule has 0 radical (unpaired) electrons. The van der Waals surface area contributed by atoms with E-state index < -0.39 is 0 Å². The molecule has 4 aromatic rings. The standard InChI is InChI=1S/C25H24ClN5O/c1-25(2,3)23-30-21(16-11-13-27-14-12-16)22(31-23)17-5-4-6-20(15-17)29-24(32)28-19-9-7-18(26)8-10-19/h4-15H,1-3H3,(H,30,31)(H2,28,29,32). The first-order chi connectivity index (χ1) is 15.3. The first kappa shape index (κ1) is 21.6. The second kappa shape index (κ2) is 8.85. The van der Waals surface area contributed by atoms with Crippen molar-refractivity contribution in [1.82, 2.24) is 15.0 Å². The van der Waals surface area contributed by atoms with Crippen LogP contribution >= 0.6 is 11.6 Å². The molecule has 2 heterocycles. The molecule has 0 aliphatic rings. The Morgan fingerprint density at radius 2 is 1.59 bits per heavy atom. The number of H-pyrrole nitrogens is 1.